The standard InChI is InChI=1S/C24H17N3O4/c1-15-3-7-17(8-4-15)22-20(13-25)24(26-14-19-11-12-21(30-19)27(28)29)31-23(22)18-9-5-16(2)6-10-18/h3-12,14H,1-2H3. The molecule has 4 rings (SSSR count). The van der Waals surface area contributed by atoms with Crippen LogP contribution in [0.3, 0.4) is 0 Å². The Kier molecular flexibility index (Phi) is 5.21. The molecule has 2 aromatic heterocycles. The van der Waals surface area contributed by atoms with Crippen LogP contribution >= 0.6 is 0 Å². The second kappa shape index (κ2) is 8.13. The Balaban J connectivity index is 1.85. The van der Waals surface area contributed by atoms with Crippen LogP contribution in [0.4, 0.5) is 11.8 Å². The number of furan rings is 2. The maximum Gasteiger partial charge on any atom is 0.433 e. The molecule has 4 aromatic rings. The monoisotopic (exact) mass is 411 g/mol. The molecule has 2 heterocycles. The van der Waals surface area contributed by atoms with E-state index in [1.54, 1.807) is 0 Å². The number of hydrogen-bond donors (Lipinski definition) is 0. The third-order valence-electron chi connectivity index (χ3n) is 4.76. The van der Waals surface area contributed by atoms with Gasteiger partial charge in [-0.1, -0.05) is 59.7 Å². The summed E-state index contributed by atoms with van der Waals surface area (Å²) >= 11 is 0. The van der Waals surface area contributed by atoms with E-state index in [0.29, 0.717) is 11.3 Å². The fourth-order valence-corrected chi connectivity index (χ4v) is 3.15. The fourth-order valence-electron chi connectivity index (χ4n) is 3.15. The summed E-state index contributed by atoms with van der Waals surface area (Å²) in [6.07, 6.45) is 1.30. The van der Waals surface area contributed by atoms with E-state index in [1.165, 1.54) is 18.3 Å². The highest BCUT2D eigenvalue weighted by molar-refractivity contribution is 5.89. The molecule has 0 spiro atoms. The van der Waals surface area contributed by atoms with Crippen LogP contribution in [-0.4, -0.2) is 11.1 Å². The fraction of sp³-hybridized carbons (Fsp3) is 0.0833. The molecule has 0 atom stereocenters. The van der Waals surface area contributed by atoms with Gasteiger partial charge < -0.3 is 8.83 Å². The molecule has 31 heavy (non-hydrogen) atoms. The summed E-state index contributed by atoms with van der Waals surface area (Å²) < 4.78 is 11.1. The van der Waals surface area contributed by atoms with Crippen LogP contribution in [0.1, 0.15) is 22.5 Å². The van der Waals surface area contributed by atoms with Crippen LogP contribution in [0, 0.1) is 35.3 Å². The quantitative estimate of drug-likeness (QED) is 0.216. The summed E-state index contributed by atoms with van der Waals surface area (Å²) in [7, 11) is 0. The highest BCUT2D eigenvalue weighted by Crippen LogP contribution is 2.42. The Morgan fingerprint density at radius 3 is 2.10 bits per heavy atom. The summed E-state index contributed by atoms with van der Waals surface area (Å²) in [5, 5.41) is 20.7. The number of aryl methyl sites for hydroxylation is 2. The molecule has 0 fully saturated rings. The van der Waals surface area contributed by atoms with Crippen LogP contribution in [0.2, 0.25) is 0 Å². The molecule has 2 aromatic carbocycles. The predicted molar refractivity (Wildman–Crippen MR) is 116 cm³/mol. The number of nitrogens with zero attached hydrogens (tertiary/aromatic N) is 3. The van der Waals surface area contributed by atoms with Crippen LogP contribution in [0.15, 0.2) is 74.5 Å². The first kappa shape index (κ1) is 19.9. The van der Waals surface area contributed by atoms with Gasteiger partial charge in [0, 0.05) is 11.1 Å². The number of benzene rings is 2. The maximum absolute atomic E-state index is 10.8. The van der Waals surface area contributed by atoms with E-state index < -0.39 is 4.92 Å². The molecule has 7 nitrogen and oxygen atoms in total. The molecule has 0 bridgehead atoms. The zero-order valence-electron chi connectivity index (χ0n) is 16.8. The third kappa shape index (κ3) is 4.00. The van der Waals surface area contributed by atoms with Crippen molar-refractivity contribution in [2.75, 3.05) is 0 Å². The summed E-state index contributed by atoms with van der Waals surface area (Å²) in [6, 6.07) is 20.4. The lowest BCUT2D eigenvalue weighted by molar-refractivity contribution is -0.402. The lowest BCUT2D eigenvalue weighted by atomic mass is 9.97. The summed E-state index contributed by atoms with van der Waals surface area (Å²) in [4.78, 5) is 14.4. The van der Waals surface area contributed by atoms with E-state index in [4.69, 9.17) is 8.83 Å². The molecular formula is C24H17N3O4. The second-order valence-corrected chi connectivity index (χ2v) is 7.02. The minimum Gasteiger partial charge on any atom is -0.436 e. The molecule has 0 unspecified atom stereocenters. The van der Waals surface area contributed by atoms with Crippen molar-refractivity contribution in [2.24, 2.45) is 4.99 Å². The van der Waals surface area contributed by atoms with Gasteiger partial charge in [-0.15, -0.1) is 0 Å². The third-order valence-corrected chi connectivity index (χ3v) is 4.76. The summed E-state index contributed by atoms with van der Waals surface area (Å²) in [5.41, 5.74) is 4.76. The molecule has 0 saturated heterocycles. The molecule has 0 aliphatic rings. The van der Waals surface area contributed by atoms with Crippen LogP contribution < -0.4 is 0 Å². The van der Waals surface area contributed by atoms with E-state index in [0.717, 1.165) is 22.3 Å². The summed E-state index contributed by atoms with van der Waals surface area (Å²) in [5.74, 6) is 0.425. The lowest BCUT2D eigenvalue weighted by Gasteiger charge is -2.05. The Morgan fingerprint density at radius 1 is 0.935 bits per heavy atom. The lowest BCUT2D eigenvalue weighted by Crippen LogP contribution is -1.85. The molecular weight excluding hydrogens is 394 g/mol. The van der Waals surface area contributed by atoms with Crippen molar-refractivity contribution in [1.29, 1.82) is 5.26 Å². The van der Waals surface area contributed by atoms with Crippen molar-refractivity contribution in [3.63, 3.8) is 0 Å². The molecule has 0 saturated carbocycles. The van der Waals surface area contributed by atoms with Crippen molar-refractivity contribution in [2.45, 2.75) is 13.8 Å². The van der Waals surface area contributed by atoms with Crippen molar-refractivity contribution < 1.29 is 13.8 Å². The highest BCUT2D eigenvalue weighted by atomic mass is 16.6. The van der Waals surface area contributed by atoms with Crippen LogP contribution in [-0.2, 0) is 0 Å². The second-order valence-electron chi connectivity index (χ2n) is 7.02. The molecule has 0 aliphatic heterocycles. The van der Waals surface area contributed by atoms with Gasteiger partial charge in [-0.05, 0) is 25.5 Å². The summed E-state index contributed by atoms with van der Waals surface area (Å²) in [6.45, 7) is 3.98. The first-order valence-corrected chi connectivity index (χ1v) is 9.45. The largest absolute Gasteiger partial charge is 0.436 e. The normalized spacial score (nSPS) is 11.0. The number of aliphatic imine (C=N–C) groups is 1. The van der Waals surface area contributed by atoms with Crippen molar-refractivity contribution in [1.82, 2.24) is 0 Å². The van der Waals surface area contributed by atoms with Crippen LogP contribution in [0.25, 0.3) is 22.5 Å². The average Bonchev–Trinajstić information content (AvgIpc) is 3.38. The number of nitro groups is 1. The van der Waals surface area contributed by atoms with E-state index in [1.807, 2.05) is 62.4 Å². The van der Waals surface area contributed by atoms with E-state index in [-0.39, 0.29) is 23.1 Å². The van der Waals surface area contributed by atoms with Crippen molar-refractivity contribution in [3.8, 4) is 28.5 Å². The zero-order chi connectivity index (χ0) is 22.0. The molecule has 152 valence electrons. The van der Waals surface area contributed by atoms with Gasteiger partial charge in [0.05, 0.1) is 12.3 Å². The van der Waals surface area contributed by atoms with Gasteiger partial charge in [0.15, 0.2) is 5.76 Å². The smallest absolute Gasteiger partial charge is 0.433 e. The first-order valence-electron chi connectivity index (χ1n) is 9.45. The van der Waals surface area contributed by atoms with E-state index in [2.05, 4.69) is 11.1 Å². The first-order chi connectivity index (χ1) is 15.0. The van der Waals surface area contributed by atoms with E-state index >= 15 is 0 Å². The minimum atomic E-state index is -0.629. The topological polar surface area (TPSA) is 106 Å². The number of hydrogen-bond acceptors (Lipinski definition) is 6. The number of rotatable bonds is 5. The van der Waals surface area contributed by atoms with E-state index in [9.17, 15) is 15.4 Å². The Morgan fingerprint density at radius 2 is 1.55 bits per heavy atom. The maximum atomic E-state index is 10.8. The Hall–Kier alpha value is -4.44. The number of nitriles is 1. The van der Waals surface area contributed by atoms with Gasteiger partial charge in [0.25, 0.3) is 0 Å². The highest BCUT2D eigenvalue weighted by Gasteiger charge is 2.23. The minimum absolute atomic E-state index is 0.104. The zero-order valence-corrected chi connectivity index (χ0v) is 16.8. The SMILES string of the molecule is Cc1ccc(-c2oc(N=Cc3ccc([N+](=O)[O-])o3)c(C#N)c2-c2ccc(C)cc2)cc1. The molecule has 0 amide bonds. The molecule has 0 N–H and O–H groups in total. The van der Waals surface area contributed by atoms with Gasteiger partial charge >= 0.3 is 5.88 Å². The van der Waals surface area contributed by atoms with Gasteiger partial charge in [-0.25, -0.2) is 4.99 Å². The Labute approximate surface area is 178 Å². The van der Waals surface area contributed by atoms with Gasteiger partial charge in [-0.2, -0.15) is 5.26 Å². The van der Waals surface area contributed by atoms with Gasteiger partial charge in [-0.3, -0.25) is 10.1 Å². The Bertz CT molecular complexity index is 1320. The van der Waals surface area contributed by atoms with Gasteiger partial charge in [0.1, 0.15) is 22.3 Å². The molecule has 0 aliphatic carbocycles. The molecule has 7 heteroatoms. The van der Waals surface area contributed by atoms with Crippen LogP contribution in [0.5, 0.6) is 0 Å². The predicted octanol–water partition coefficient (Wildman–Crippen LogP) is 6.35. The van der Waals surface area contributed by atoms with Crippen molar-refractivity contribution in [3.05, 3.63) is 93.2 Å². The molecule has 0 radical (unpaired) electrons. The van der Waals surface area contributed by atoms with Crippen molar-refractivity contribution >= 4 is 18.0 Å². The van der Waals surface area contributed by atoms with Gasteiger partial charge in [0.2, 0.25) is 5.88 Å². The average molecular weight is 411 g/mol.